The van der Waals surface area contributed by atoms with Gasteiger partial charge in [-0.2, -0.15) is 0 Å². The molecule has 0 aliphatic heterocycles. The van der Waals surface area contributed by atoms with Crippen molar-refractivity contribution < 1.29 is 14.7 Å². The van der Waals surface area contributed by atoms with Crippen molar-refractivity contribution in [2.75, 3.05) is 25.5 Å². The highest BCUT2D eigenvalue weighted by molar-refractivity contribution is 5.94. The normalized spacial score (nSPS) is 11.0. The highest BCUT2D eigenvalue weighted by atomic mass is 16.4. The second-order valence-electron chi connectivity index (χ2n) is 5.42. The molecule has 116 valence electrons. The molecule has 1 rings (SSSR count). The highest BCUT2D eigenvalue weighted by Crippen LogP contribution is 2.25. The molecule has 0 radical (unpaired) electrons. The Morgan fingerprint density at radius 1 is 1.14 bits per heavy atom. The van der Waals surface area contributed by atoms with Crippen LogP contribution < -0.4 is 10.2 Å². The van der Waals surface area contributed by atoms with Crippen molar-refractivity contribution in [2.24, 2.45) is 5.41 Å². The topological polar surface area (TPSA) is 69.6 Å². The van der Waals surface area contributed by atoms with E-state index in [9.17, 15) is 14.7 Å². The number of benzene rings is 1. The summed E-state index contributed by atoms with van der Waals surface area (Å²) in [5.74, 6) is -1.11. The van der Waals surface area contributed by atoms with Gasteiger partial charge in [0.05, 0.1) is 5.41 Å². The lowest BCUT2D eigenvalue weighted by molar-refractivity contribution is -0.149. The fourth-order valence-electron chi connectivity index (χ4n) is 2.14. The zero-order chi connectivity index (χ0) is 16.0. The fourth-order valence-corrected chi connectivity index (χ4v) is 2.14. The highest BCUT2D eigenvalue weighted by Gasteiger charge is 2.35. The van der Waals surface area contributed by atoms with Crippen LogP contribution >= 0.6 is 0 Å². The van der Waals surface area contributed by atoms with Crippen LogP contribution in [0.1, 0.15) is 37.0 Å². The molecule has 0 heterocycles. The van der Waals surface area contributed by atoms with Crippen LogP contribution in [0.15, 0.2) is 24.3 Å². The maximum absolute atomic E-state index is 12.1. The van der Waals surface area contributed by atoms with Gasteiger partial charge in [-0.3, -0.25) is 9.59 Å². The number of carboxylic acid groups (broad SMARTS) is 1. The second kappa shape index (κ2) is 7.11. The number of aliphatic carboxylic acids is 1. The molecule has 0 unspecified atom stereocenters. The number of hydrogen-bond donors (Lipinski definition) is 2. The van der Waals surface area contributed by atoms with Crippen LogP contribution in [-0.2, 0) is 4.79 Å². The Bertz CT molecular complexity index is 491. The Kier molecular flexibility index (Phi) is 5.76. The number of hydrogen-bond acceptors (Lipinski definition) is 3. The van der Waals surface area contributed by atoms with E-state index in [-0.39, 0.29) is 12.5 Å². The number of nitrogens with one attached hydrogen (secondary N) is 1. The van der Waals surface area contributed by atoms with Crippen molar-refractivity contribution in [3.05, 3.63) is 29.8 Å². The second-order valence-corrected chi connectivity index (χ2v) is 5.42. The minimum Gasteiger partial charge on any atom is -0.481 e. The first kappa shape index (κ1) is 17.0. The maximum Gasteiger partial charge on any atom is 0.311 e. The number of carboxylic acids is 1. The van der Waals surface area contributed by atoms with Crippen molar-refractivity contribution >= 4 is 17.6 Å². The summed E-state index contributed by atoms with van der Waals surface area (Å²) >= 11 is 0. The van der Waals surface area contributed by atoms with Gasteiger partial charge in [0, 0.05) is 31.9 Å². The Morgan fingerprint density at radius 3 is 2.05 bits per heavy atom. The Labute approximate surface area is 126 Å². The van der Waals surface area contributed by atoms with E-state index in [1.807, 2.05) is 45.0 Å². The molecule has 0 bridgehead atoms. The van der Waals surface area contributed by atoms with Crippen LogP contribution in [-0.4, -0.2) is 37.6 Å². The molecular formula is C16H24N2O3. The summed E-state index contributed by atoms with van der Waals surface area (Å²) in [4.78, 5) is 25.5. The number of anilines is 1. The van der Waals surface area contributed by atoms with Crippen LogP contribution in [0.5, 0.6) is 0 Å². The molecule has 0 aliphatic carbocycles. The van der Waals surface area contributed by atoms with E-state index in [0.717, 1.165) is 5.69 Å². The summed E-state index contributed by atoms with van der Waals surface area (Å²) < 4.78 is 0. The predicted octanol–water partition coefficient (Wildman–Crippen LogP) is 2.37. The minimum atomic E-state index is -0.890. The van der Waals surface area contributed by atoms with Crippen LogP contribution in [0.25, 0.3) is 0 Å². The molecule has 0 aliphatic rings. The molecule has 5 heteroatoms. The number of rotatable bonds is 7. The molecule has 0 aromatic heterocycles. The lowest BCUT2D eigenvalue weighted by Crippen LogP contribution is -2.42. The van der Waals surface area contributed by atoms with E-state index in [0.29, 0.717) is 18.4 Å². The first-order chi connectivity index (χ1) is 9.86. The van der Waals surface area contributed by atoms with E-state index in [4.69, 9.17) is 0 Å². The quantitative estimate of drug-likeness (QED) is 0.809. The molecule has 0 saturated heterocycles. The first-order valence-electron chi connectivity index (χ1n) is 7.15. The van der Waals surface area contributed by atoms with Gasteiger partial charge in [0.1, 0.15) is 0 Å². The van der Waals surface area contributed by atoms with E-state index in [1.165, 1.54) is 0 Å². The third-order valence-electron chi connectivity index (χ3n) is 4.04. The predicted molar refractivity (Wildman–Crippen MR) is 83.8 cm³/mol. The van der Waals surface area contributed by atoms with Crippen molar-refractivity contribution in [1.29, 1.82) is 0 Å². The summed E-state index contributed by atoms with van der Waals surface area (Å²) in [5.41, 5.74) is 0.653. The summed E-state index contributed by atoms with van der Waals surface area (Å²) in [6.45, 7) is 3.80. The van der Waals surface area contributed by atoms with Crippen LogP contribution in [0.2, 0.25) is 0 Å². The summed E-state index contributed by atoms with van der Waals surface area (Å²) in [7, 11) is 3.86. The third kappa shape index (κ3) is 3.97. The van der Waals surface area contributed by atoms with Crippen LogP contribution in [0, 0.1) is 5.41 Å². The molecule has 2 N–H and O–H groups in total. The lowest BCUT2D eigenvalue weighted by Gasteiger charge is -2.26. The average Bonchev–Trinajstić information content (AvgIpc) is 2.48. The van der Waals surface area contributed by atoms with E-state index in [2.05, 4.69) is 5.32 Å². The van der Waals surface area contributed by atoms with Gasteiger partial charge < -0.3 is 15.3 Å². The summed E-state index contributed by atoms with van der Waals surface area (Å²) in [5, 5.41) is 12.1. The van der Waals surface area contributed by atoms with E-state index in [1.54, 1.807) is 12.1 Å². The van der Waals surface area contributed by atoms with Gasteiger partial charge in [0.15, 0.2) is 0 Å². The van der Waals surface area contributed by atoms with E-state index >= 15 is 0 Å². The summed E-state index contributed by atoms with van der Waals surface area (Å²) in [6, 6.07) is 7.20. The molecule has 1 amide bonds. The third-order valence-corrected chi connectivity index (χ3v) is 4.04. The Hall–Kier alpha value is -2.04. The molecule has 1 aromatic rings. The SMILES string of the molecule is CCC(CC)(CNC(=O)c1ccc(N(C)C)cc1)C(=O)O. The standard InChI is InChI=1S/C16H24N2O3/c1-5-16(6-2,15(20)21)11-17-14(19)12-7-9-13(10-8-12)18(3)4/h7-10H,5-6,11H2,1-4H3,(H,17,19)(H,20,21). The molecule has 1 aromatic carbocycles. The van der Waals surface area contributed by atoms with Crippen molar-refractivity contribution in [1.82, 2.24) is 5.32 Å². The zero-order valence-corrected chi connectivity index (χ0v) is 13.1. The van der Waals surface area contributed by atoms with Gasteiger partial charge in [0.2, 0.25) is 0 Å². The van der Waals surface area contributed by atoms with Gasteiger partial charge >= 0.3 is 5.97 Å². The monoisotopic (exact) mass is 292 g/mol. The molecule has 0 atom stereocenters. The minimum absolute atomic E-state index is 0.142. The number of nitrogens with zero attached hydrogens (tertiary/aromatic N) is 1. The maximum atomic E-state index is 12.1. The Balaban J connectivity index is 2.75. The summed E-state index contributed by atoms with van der Waals surface area (Å²) in [6.07, 6.45) is 0.970. The van der Waals surface area contributed by atoms with Gasteiger partial charge in [-0.1, -0.05) is 13.8 Å². The zero-order valence-electron chi connectivity index (χ0n) is 13.1. The molecular weight excluding hydrogens is 268 g/mol. The van der Waals surface area contributed by atoms with Crippen molar-refractivity contribution in [3.63, 3.8) is 0 Å². The van der Waals surface area contributed by atoms with E-state index < -0.39 is 11.4 Å². The van der Waals surface area contributed by atoms with Crippen molar-refractivity contribution in [2.45, 2.75) is 26.7 Å². The molecule has 0 fully saturated rings. The van der Waals surface area contributed by atoms with Gasteiger partial charge in [-0.15, -0.1) is 0 Å². The smallest absolute Gasteiger partial charge is 0.311 e. The van der Waals surface area contributed by atoms with Crippen LogP contribution in [0.3, 0.4) is 0 Å². The Morgan fingerprint density at radius 2 is 1.67 bits per heavy atom. The number of amides is 1. The lowest BCUT2D eigenvalue weighted by atomic mass is 9.82. The molecule has 21 heavy (non-hydrogen) atoms. The van der Waals surface area contributed by atoms with Gasteiger partial charge in [0.25, 0.3) is 5.91 Å². The average molecular weight is 292 g/mol. The van der Waals surface area contributed by atoms with Crippen LogP contribution in [0.4, 0.5) is 5.69 Å². The molecule has 0 saturated carbocycles. The molecule has 5 nitrogen and oxygen atoms in total. The van der Waals surface area contributed by atoms with Gasteiger partial charge in [-0.05, 0) is 37.1 Å². The largest absolute Gasteiger partial charge is 0.481 e. The first-order valence-corrected chi connectivity index (χ1v) is 7.15. The number of carbonyl (C=O) groups excluding carboxylic acids is 1. The van der Waals surface area contributed by atoms with Crippen molar-refractivity contribution in [3.8, 4) is 0 Å². The number of carbonyl (C=O) groups is 2. The molecule has 0 spiro atoms. The van der Waals surface area contributed by atoms with Gasteiger partial charge in [-0.25, -0.2) is 0 Å². The fraction of sp³-hybridized carbons (Fsp3) is 0.500.